The van der Waals surface area contributed by atoms with Crippen molar-refractivity contribution in [3.8, 4) is 0 Å². The predicted octanol–water partition coefficient (Wildman–Crippen LogP) is 2.53. The van der Waals surface area contributed by atoms with Crippen LogP contribution in [0.3, 0.4) is 0 Å². The summed E-state index contributed by atoms with van der Waals surface area (Å²) in [6.45, 7) is 1.40. The number of nitrogens with one attached hydrogen (secondary N) is 1. The Labute approximate surface area is 147 Å². The summed E-state index contributed by atoms with van der Waals surface area (Å²) in [6, 6.07) is 10.8. The summed E-state index contributed by atoms with van der Waals surface area (Å²) in [7, 11) is 3.66. The lowest BCUT2D eigenvalue weighted by molar-refractivity contribution is 0.0362. The van der Waals surface area contributed by atoms with Gasteiger partial charge in [0.05, 0.1) is 0 Å². The average Bonchev–Trinajstić information content (AvgIpc) is 3.08. The molecule has 0 saturated carbocycles. The first-order valence-corrected chi connectivity index (χ1v) is 8.44. The highest BCUT2D eigenvalue weighted by Gasteiger charge is 2.23. The van der Waals surface area contributed by atoms with Crippen molar-refractivity contribution in [2.24, 2.45) is 7.05 Å². The summed E-state index contributed by atoms with van der Waals surface area (Å²) in [5.41, 5.74) is 1.86. The molecule has 0 radical (unpaired) electrons. The zero-order chi connectivity index (χ0) is 17.8. The van der Waals surface area contributed by atoms with Gasteiger partial charge in [-0.05, 0) is 49.2 Å². The van der Waals surface area contributed by atoms with Gasteiger partial charge in [-0.25, -0.2) is 0 Å². The van der Waals surface area contributed by atoms with Crippen molar-refractivity contribution in [1.29, 1.82) is 0 Å². The lowest BCUT2D eigenvalue weighted by Gasteiger charge is -2.31. The zero-order valence-corrected chi connectivity index (χ0v) is 14.6. The number of benzene rings is 1. The van der Waals surface area contributed by atoms with Crippen LogP contribution in [0.5, 0.6) is 0 Å². The molecule has 1 aliphatic rings. The lowest BCUT2D eigenvalue weighted by Crippen LogP contribution is -2.40. The van der Waals surface area contributed by atoms with Gasteiger partial charge < -0.3 is 19.5 Å². The Balaban J connectivity index is 1.64. The van der Waals surface area contributed by atoms with Crippen LogP contribution >= 0.6 is 0 Å². The molecule has 0 aliphatic carbocycles. The summed E-state index contributed by atoms with van der Waals surface area (Å²) in [6.07, 6.45) is 3.56. The molecule has 3 rings (SSSR count). The molecule has 1 N–H and O–H groups in total. The molecule has 1 fully saturated rings. The molecule has 1 aliphatic heterocycles. The summed E-state index contributed by atoms with van der Waals surface area (Å²) in [4.78, 5) is 26.6. The number of aromatic nitrogens is 1. The van der Waals surface area contributed by atoms with E-state index in [1.54, 1.807) is 39.8 Å². The minimum absolute atomic E-state index is 0.00721. The number of hydrogen-bond acceptors (Lipinski definition) is 3. The third-order valence-electron chi connectivity index (χ3n) is 4.63. The number of carbonyl (C=O) groups excluding carboxylic acids is 2. The topological polar surface area (TPSA) is 63.6 Å². The molecule has 0 unspecified atom stereocenters. The van der Waals surface area contributed by atoms with Crippen LogP contribution in [0, 0.1) is 0 Å². The number of nitrogens with zero attached hydrogens (tertiary/aromatic N) is 2. The monoisotopic (exact) mass is 341 g/mol. The molecule has 6 heteroatoms. The second-order valence-electron chi connectivity index (χ2n) is 6.30. The van der Waals surface area contributed by atoms with Crippen LogP contribution in [0.25, 0.3) is 0 Å². The molecule has 132 valence electrons. The van der Waals surface area contributed by atoms with E-state index in [1.165, 1.54) is 0 Å². The van der Waals surface area contributed by atoms with Crippen molar-refractivity contribution in [2.45, 2.75) is 18.9 Å². The van der Waals surface area contributed by atoms with Gasteiger partial charge in [0.25, 0.3) is 11.8 Å². The molecular weight excluding hydrogens is 318 g/mol. The van der Waals surface area contributed by atoms with E-state index in [4.69, 9.17) is 4.74 Å². The minimum Gasteiger partial charge on any atom is -0.381 e. The molecule has 1 saturated heterocycles. The maximum atomic E-state index is 12.6. The second kappa shape index (κ2) is 7.53. The van der Waals surface area contributed by atoms with Crippen molar-refractivity contribution in [3.63, 3.8) is 0 Å². The molecular formula is C19H23N3O3. The molecule has 0 spiro atoms. The standard InChI is InChI=1S/C19H23N3O3/c1-21-11-3-4-17(21)18(23)20-15-7-5-14(6-8-15)19(24)22(2)16-9-12-25-13-10-16/h3-8,11,16H,9-10,12-13H2,1-2H3,(H,20,23). The fourth-order valence-electron chi connectivity index (χ4n) is 3.03. The van der Waals surface area contributed by atoms with E-state index in [0.717, 1.165) is 12.8 Å². The molecule has 2 aromatic rings. The largest absolute Gasteiger partial charge is 0.381 e. The van der Waals surface area contributed by atoms with Gasteiger partial charge in [-0.3, -0.25) is 9.59 Å². The Morgan fingerprint density at radius 1 is 1.16 bits per heavy atom. The maximum Gasteiger partial charge on any atom is 0.272 e. The Morgan fingerprint density at radius 2 is 1.84 bits per heavy atom. The SMILES string of the molecule is CN(C(=O)c1ccc(NC(=O)c2cccn2C)cc1)C1CCOCC1. The van der Waals surface area contributed by atoms with Crippen molar-refractivity contribution in [3.05, 3.63) is 53.9 Å². The fourth-order valence-corrected chi connectivity index (χ4v) is 3.03. The van der Waals surface area contributed by atoms with Gasteiger partial charge in [0.1, 0.15) is 5.69 Å². The Kier molecular flexibility index (Phi) is 5.19. The molecule has 1 aromatic carbocycles. The van der Waals surface area contributed by atoms with E-state index >= 15 is 0 Å². The number of hydrogen-bond donors (Lipinski definition) is 1. The van der Waals surface area contributed by atoms with Crippen molar-refractivity contribution >= 4 is 17.5 Å². The number of amides is 2. The number of carbonyl (C=O) groups is 2. The van der Waals surface area contributed by atoms with Crippen LogP contribution < -0.4 is 5.32 Å². The van der Waals surface area contributed by atoms with Crippen LogP contribution in [0.15, 0.2) is 42.6 Å². The molecule has 0 atom stereocenters. The Hall–Kier alpha value is -2.60. The van der Waals surface area contributed by atoms with Crippen molar-refractivity contribution in [1.82, 2.24) is 9.47 Å². The normalized spacial score (nSPS) is 15.0. The number of rotatable bonds is 4. The first kappa shape index (κ1) is 17.2. The predicted molar refractivity (Wildman–Crippen MR) is 95.7 cm³/mol. The molecule has 2 amide bonds. The first-order chi connectivity index (χ1) is 12.1. The van der Waals surface area contributed by atoms with E-state index in [-0.39, 0.29) is 17.9 Å². The molecule has 0 bridgehead atoms. The van der Waals surface area contributed by atoms with Crippen molar-refractivity contribution < 1.29 is 14.3 Å². The number of ether oxygens (including phenoxy) is 1. The van der Waals surface area contributed by atoms with E-state index in [1.807, 2.05) is 26.4 Å². The van der Waals surface area contributed by atoms with Gasteiger partial charge in [-0.1, -0.05) is 0 Å². The molecule has 1 aromatic heterocycles. The van der Waals surface area contributed by atoms with Crippen molar-refractivity contribution in [2.75, 3.05) is 25.6 Å². The maximum absolute atomic E-state index is 12.6. The fraction of sp³-hybridized carbons (Fsp3) is 0.368. The second-order valence-corrected chi connectivity index (χ2v) is 6.30. The number of aryl methyl sites for hydroxylation is 1. The third kappa shape index (κ3) is 3.91. The Bertz CT molecular complexity index is 746. The summed E-state index contributed by atoms with van der Waals surface area (Å²) in [5, 5.41) is 2.84. The van der Waals surface area contributed by atoms with Gasteiger partial charge in [0, 0.05) is 50.8 Å². The van der Waals surface area contributed by atoms with Gasteiger partial charge >= 0.3 is 0 Å². The van der Waals surface area contributed by atoms with Gasteiger partial charge in [-0.2, -0.15) is 0 Å². The third-order valence-corrected chi connectivity index (χ3v) is 4.63. The highest BCUT2D eigenvalue weighted by atomic mass is 16.5. The van der Waals surface area contributed by atoms with Crippen LogP contribution in [0.4, 0.5) is 5.69 Å². The van der Waals surface area contributed by atoms with E-state index in [0.29, 0.717) is 30.2 Å². The van der Waals surface area contributed by atoms with Gasteiger partial charge in [0.2, 0.25) is 0 Å². The van der Waals surface area contributed by atoms with Crippen LogP contribution in [0.2, 0.25) is 0 Å². The van der Waals surface area contributed by atoms with E-state index < -0.39 is 0 Å². The smallest absolute Gasteiger partial charge is 0.272 e. The van der Waals surface area contributed by atoms with Crippen LogP contribution in [0.1, 0.15) is 33.7 Å². The molecule has 6 nitrogen and oxygen atoms in total. The van der Waals surface area contributed by atoms with Gasteiger partial charge in [0.15, 0.2) is 0 Å². The van der Waals surface area contributed by atoms with Crippen LogP contribution in [-0.2, 0) is 11.8 Å². The van der Waals surface area contributed by atoms with Gasteiger partial charge in [-0.15, -0.1) is 0 Å². The Morgan fingerprint density at radius 3 is 2.44 bits per heavy atom. The summed E-state index contributed by atoms with van der Waals surface area (Å²) >= 11 is 0. The summed E-state index contributed by atoms with van der Waals surface area (Å²) < 4.78 is 7.11. The van der Waals surface area contributed by atoms with E-state index in [9.17, 15) is 9.59 Å². The minimum atomic E-state index is -0.175. The highest BCUT2D eigenvalue weighted by molar-refractivity contribution is 6.03. The summed E-state index contributed by atoms with van der Waals surface area (Å²) in [5.74, 6) is -0.182. The molecule has 25 heavy (non-hydrogen) atoms. The zero-order valence-electron chi connectivity index (χ0n) is 14.6. The highest BCUT2D eigenvalue weighted by Crippen LogP contribution is 2.17. The number of anilines is 1. The quantitative estimate of drug-likeness (QED) is 0.929. The van der Waals surface area contributed by atoms with Crippen LogP contribution in [-0.4, -0.2) is 47.6 Å². The average molecular weight is 341 g/mol. The molecule has 2 heterocycles. The lowest BCUT2D eigenvalue weighted by atomic mass is 10.1. The first-order valence-electron chi connectivity index (χ1n) is 8.44. The van der Waals surface area contributed by atoms with E-state index in [2.05, 4.69) is 5.32 Å².